The Kier molecular flexibility index (Phi) is 5.42. The minimum Gasteiger partial charge on any atom is -0.494 e. The van der Waals surface area contributed by atoms with Crippen LogP contribution in [0.25, 0.3) is 11.0 Å². The number of H-pyrrole nitrogens is 1. The molecular weight excluding hydrogens is 441 g/mol. The molecule has 0 spiro atoms. The Labute approximate surface area is 175 Å². The SMILES string of the molecule is COc1ccc(C(=O)Nc2c[nH]c3ncc(Br)c(N4CCCC(N)C4)c23)cc1F. The van der Waals surface area contributed by atoms with E-state index in [9.17, 15) is 9.18 Å². The van der Waals surface area contributed by atoms with Crippen LogP contribution >= 0.6 is 15.9 Å². The first-order chi connectivity index (χ1) is 14.0. The summed E-state index contributed by atoms with van der Waals surface area (Å²) in [6.45, 7) is 1.59. The van der Waals surface area contributed by atoms with E-state index < -0.39 is 11.7 Å². The fourth-order valence-corrected chi connectivity index (χ4v) is 4.23. The zero-order valence-corrected chi connectivity index (χ0v) is 17.4. The lowest BCUT2D eigenvalue weighted by Gasteiger charge is -2.33. The molecule has 1 aliphatic rings. The summed E-state index contributed by atoms with van der Waals surface area (Å²) in [6, 6.07) is 4.20. The second kappa shape index (κ2) is 8.00. The third-order valence-corrected chi connectivity index (χ3v) is 5.65. The van der Waals surface area contributed by atoms with Gasteiger partial charge in [-0.3, -0.25) is 4.79 Å². The number of hydrogen-bond donors (Lipinski definition) is 3. The molecule has 2 aromatic heterocycles. The number of anilines is 2. The maximum absolute atomic E-state index is 14.0. The minimum absolute atomic E-state index is 0.0884. The van der Waals surface area contributed by atoms with Crippen LogP contribution in [0.5, 0.6) is 5.75 Å². The number of ether oxygens (including phenoxy) is 1. The Hall–Kier alpha value is -2.65. The van der Waals surface area contributed by atoms with Gasteiger partial charge < -0.3 is 25.7 Å². The molecular formula is C20H21BrFN5O2. The molecule has 3 aromatic rings. The number of aromatic nitrogens is 2. The molecule has 0 saturated carbocycles. The summed E-state index contributed by atoms with van der Waals surface area (Å²) in [7, 11) is 1.38. The molecule has 4 rings (SSSR count). The molecule has 3 heterocycles. The first-order valence-corrected chi connectivity index (χ1v) is 10.1. The number of aromatic amines is 1. The number of rotatable bonds is 4. The number of nitrogens with one attached hydrogen (secondary N) is 2. The van der Waals surface area contributed by atoms with Gasteiger partial charge >= 0.3 is 0 Å². The average Bonchev–Trinajstić information content (AvgIpc) is 3.10. The van der Waals surface area contributed by atoms with Crippen LogP contribution in [0.1, 0.15) is 23.2 Å². The molecule has 1 saturated heterocycles. The third-order valence-electron chi connectivity index (χ3n) is 5.07. The summed E-state index contributed by atoms with van der Waals surface area (Å²) in [6.07, 6.45) is 5.41. The van der Waals surface area contributed by atoms with Crippen LogP contribution in [0, 0.1) is 5.82 Å². The number of pyridine rings is 1. The van der Waals surface area contributed by atoms with E-state index in [0.717, 1.165) is 47.5 Å². The van der Waals surface area contributed by atoms with Crippen LogP contribution in [0.4, 0.5) is 15.8 Å². The summed E-state index contributed by atoms with van der Waals surface area (Å²) < 4.78 is 19.7. The number of benzene rings is 1. The molecule has 1 atom stereocenters. The monoisotopic (exact) mass is 461 g/mol. The van der Waals surface area contributed by atoms with Crippen molar-refractivity contribution in [3.05, 3.63) is 46.4 Å². The predicted octanol–water partition coefficient (Wildman–Crippen LogP) is 3.65. The van der Waals surface area contributed by atoms with E-state index in [-0.39, 0.29) is 17.4 Å². The Morgan fingerprint density at radius 3 is 3.03 bits per heavy atom. The number of amides is 1. The molecule has 1 amide bonds. The number of nitrogens with two attached hydrogens (primary N) is 1. The van der Waals surface area contributed by atoms with Crippen LogP contribution in [0.3, 0.4) is 0 Å². The predicted molar refractivity (Wildman–Crippen MR) is 114 cm³/mol. The quantitative estimate of drug-likeness (QED) is 0.550. The lowest BCUT2D eigenvalue weighted by atomic mass is 10.1. The van der Waals surface area contributed by atoms with Gasteiger partial charge in [0.25, 0.3) is 5.91 Å². The molecule has 0 aliphatic carbocycles. The average molecular weight is 462 g/mol. The number of carbonyl (C=O) groups excluding carboxylic acids is 1. The lowest BCUT2D eigenvalue weighted by Crippen LogP contribution is -2.43. The second-order valence-electron chi connectivity index (χ2n) is 7.03. The van der Waals surface area contributed by atoms with Gasteiger partial charge in [0, 0.05) is 37.1 Å². The van der Waals surface area contributed by atoms with Crippen LogP contribution in [-0.2, 0) is 0 Å². The molecule has 4 N–H and O–H groups in total. The molecule has 7 nitrogen and oxygen atoms in total. The third kappa shape index (κ3) is 3.79. The van der Waals surface area contributed by atoms with Crippen LogP contribution in [0.2, 0.25) is 0 Å². The van der Waals surface area contributed by atoms with Crippen molar-refractivity contribution in [3.8, 4) is 5.75 Å². The van der Waals surface area contributed by atoms with Gasteiger partial charge in [-0.25, -0.2) is 9.37 Å². The van der Waals surface area contributed by atoms with Crippen LogP contribution in [0.15, 0.2) is 35.1 Å². The topological polar surface area (TPSA) is 96.3 Å². The highest BCUT2D eigenvalue weighted by atomic mass is 79.9. The standard InChI is InChI=1S/C20H21BrFN5O2/c1-29-16-5-4-11(7-14(16)22)20(28)26-15-9-25-19-17(15)18(13(21)8-24-19)27-6-2-3-12(23)10-27/h4-5,7-9,12H,2-3,6,10,23H2,1H3,(H,24,25)(H,26,28). The molecule has 0 radical (unpaired) electrons. The Bertz CT molecular complexity index is 1070. The van der Waals surface area contributed by atoms with Crippen molar-refractivity contribution >= 4 is 44.2 Å². The normalized spacial score (nSPS) is 16.8. The highest BCUT2D eigenvalue weighted by Crippen LogP contribution is 2.39. The van der Waals surface area contributed by atoms with Gasteiger partial charge in [-0.1, -0.05) is 0 Å². The summed E-state index contributed by atoms with van der Waals surface area (Å²) >= 11 is 3.59. The van der Waals surface area contributed by atoms with Gasteiger partial charge in [0.1, 0.15) is 5.65 Å². The smallest absolute Gasteiger partial charge is 0.255 e. The van der Waals surface area contributed by atoms with Crippen molar-refractivity contribution in [2.45, 2.75) is 18.9 Å². The van der Waals surface area contributed by atoms with Crippen molar-refractivity contribution in [1.29, 1.82) is 0 Å². The summed E-state index contributed by atoms with van der Waals surface area (Å²) in [5, 5.41) is 3.66. The van der Waals surface area contributed by atoms with Crippen molar-refractivity contribution in [2.75, 3.05) is 30.4 Å². The Balaban J connectivity index is 1.70. The largest absolute Gasteiger partial charge is 0.494 e. The molecule has 1 unspecified atom stereocenters. The molecule has 29 heavy (non-hydrogen) atoms. The van der Waals surface area contributed by atoms with E-state index in [1.54, 1.807) is 12.4 Å². The highest BCUT2D eigenvalue weighted by Gasteiger charge is 2.24. The van der Waals surface area contributed by atoms with Gasteiger partial charge in [-0.2, -0.15) is 0 Å². The van der Waals surface area contributed by atoms with E-state index >= 15 is 0 Å². The number of nitrogens with zero attached hydrogens (tertiary/aromatic N) is 2. The van der Waals surface area contributed by atoms with Gasteiger partial charge in [0.05, 0.1) is 28.3 Å². The first-order valence-electron chi connectivity index (χ1n) is 9.29. The number of halogens is 2. The Morgan fingerprint density at radius 2 is 2.31 bits per heavy atom. The highest BCUT2D eigenvalue weighted by molar-refractivity contribution is 9.10. The fourth-order valence-electron chi connectivity index (χ4n) is 3.68. The van der Waals surface area contributed by atoms with Crippen molar-refractivity contribution in [3.63, 3.8) is 0 Å². The summed E-state index contributed by atoms with van der Waals surface area (Å²) in [5.41, 5.74) is 8.52. The minimum atomic E-state index is -0.591. The molecule has 1 fully saturated rings. The van der Waals surface area contributed by atoms with Gasteiger partial charge in [-0.05, 0) is 47.0 Å². The molecule has 0 bridgehead atoms. The zero-order valence-electron chi connectivity index (χ0n) is 15.8. The van der Waals surface area contributed by atoms with Crippen LogP contribution < -0.4 is 20.7 Å². The maximum atomic E-state index is 14.0. The van der Waals surface area contributed by atoms with Gasteiger partial charge in [0.2, 0.25) is 0 Å². The fraction of sp³-hybridized carbons (Fsp3) is 0.300. The van der Waals surface area contributed by atoms with Crippen molar-refractivity contribution in [2.24, 2.45) is 5.73 Å². The summed E-state index contributed by atoms with van der Waals surface area (Å²) in [4.78, 5) is 22.4. The van der Waals surface area contributed by atoms with E-state index in [4.69, 9.17) is 10.5 Å². The van der Waals surface area contributed by atoms with Crippen LogP contribution in [-0.4, -0.2) is 42.1 Å². The second-order valence-corrected chi connectivity index (χ2v) is 7.89. The Morgan fingerprint density at radius 1 is 1.48 bits per heavy atom. The lowest BCUT2D eigenvalue weighted by molar-refractivity contribution is 0.102. The van der Waals surface area contributed by atoms with Gasteiger partial charge in [0.15, 0.2) is 11.6 Å². The van der Waals surface area contributed by atoms with E-state index in [2.05, 4.69) is 36.1 Å². The number of fused-ring (bicyclic) bond motifs is 1. The van der Waals surface area contributed by atoms with Crippen molar-refractivity contribution < 1.29 is 13.9 Å². The summed E-state index contributed by atoms with van der Waals surface area (Å²) in [5.74, 6) is -0.925. The number of methoxy groups -OCH3 is 1. The number of piperidine rings is 1. The number of hydrogen-bond acceptors (Lipinski definition) is 5. The van der Waals surface area contributed by atoms with Gasteiger partial charge in [-0.15, -0.1) is 0 Å². The molecule has 9 heteroatoms. The van der Waals surface area contributed by atoms with E-state index in [1.165, 1.54) is 19.2 Å². The van der Waals surface area contributed by atoms with Crippen molar-refractivity contribution in [1.82, 2.24) is 9.97 Å². The molecule has 1 aromatic carbocycles. The number of carbonyl (C=O) groups is 1. The first kappa shape index (κ1) is 19.7. The van der Waals surface area contributed by atoms with E-state index in [0.29, 0.717) is 11.3 Å². The molecule has 152 valence electrons. The molecule has 1 aliphatic heterocycles. The maximum Gasteiger partial charge on any atom is 0.255 e. The zero-order chi connectivity index (χ0) is 20.5. The van der Waals surface area contributed by atoms with E-state index in [1.807, 2.05) is 0 Å².